The standard InChI is InChI=1S/C10H13N5/c1-2-7-4-5-11-10(7)8(3-1)6-9-12-14-15-13-9/h4-5,8,11H,1-3,6H2,(H,12,13,14,15). The monoisotopic (exact) mass is 203 g/mol. The predicted molar refractivity (Wildman–Crippen MR) is 54.4 cm³/mol. The molecule has 1 atom stereocenters. The molecule has 2 heterocycles. The summed E-state index contributed by atoms with van der Waals surface area (Å²) in [4.78, 5) is 3.33. The molecule has 0 spiro atoms. The molecule has 5 nitrogen and oxygen atoms in total. The van der Waals surface area contributed by atoms with Crippen molar-refractivity contribution in [2.75, 3.05) is 0 Å². The molecule has 0 amide bonds. The Labute approximate surface area is 87.3 Å². The summed E-state index contributed by atoms with van der Waals surface area (Å²) in [5, 5.41) is 14.1. The van der Waals surface area contributed by atoms with Gasteiger partial charge in [-0.3, -0.25) is 0 Å². The Morgan fingerprint density at radius 1 is 1.47 bits per heavy atom. The normalized spacial score (nSPS) is 20.1. The minimum Gasteiger partial charge on any atom is -0.365 e. The first kappa shape index (κ1) is 8.64. The molecule has 0 fully saturated rings. The summed E-state index contributed by atoms with van der Waals surface area (Å²) < 4.78 is 0. The molecule has 2 N–H and O–H groups in total. The second-order valence-corrected chi connectivity index (χ2v) is 4.04. The van der Waals surface area contributed by atoms with Gasteiger partial charge in [-0.25, -0.2) is 0 Å². The maximum absolute atomic E-state index is 4.01. The molecule has 3 rings (SSSR count). The maximum atomic E-state index is 4.01. The van der Waals surface area contributed by atoms with Crippen LogP contribution >= 0.6 is 0 Å². The summed E-state index contributed by atoms with van der Waals surface area (Å²) in [6, 6.07) is 2.18. The van der Waals surface area contributed by atoms with Crippen LogP contribution in [0.5, 0.6) is 0 Å². The van der Waals surface area contributed by atoms with Crippen molar-refractivity contribution in [2.24, 2.45) is 0 Å². The largest absolute Gasteiger partial charge is 0.365 e. The number of hydrogen-bond donors (Lipinski definition) is 2. The molecule has 0 bridgehead atoms. The number of H-pyrrole nitrogens is 2. The molecule has 2 aromatic heterocycles. The number of aryl methyl sites for hydroxylation is 1. The Morgan fingerprint density at radius 3 is 3.33 bits per heavy atom. The summed E-state index contributed by atoms with van der Waals surface area (Å²) in [5.41, 5.74) is 2.82. The minimum absolute atomic E-state index is 0.529. The van der Waals surface area contributed by atoms with Crippen molar-refractivity contribution in [3.63, 3.8) is 0 Å². The molecule has 0 saturated heterocycles. The molecule has 0 saturated carbocycles. The number of fused-ring (bicyclic) bond motifs is 1. The Balaban J connectivity index is 1.84. The molecule has 5 heteroatoms. The van der Waals surface area contributed by atoms with Gasteiger partial charge in [-0.15, -0.1) is 10.2 Å². The lowest BCUT2D eigenvalue weighted by Crippen LogP contribution is -2.12. The van der Waals surface area contributed by atoms with Gasteiger partial charge in [-0.1, -0.05) is 5.21 Å². The molecule has 0 aromatic carbocycles. The first-order chi connectivity index (χ1) is 7.43. The summed E-state index contributed by atoms with van der Waals surface area (Å²) in [6.45, 7) is 0. The fraction of sp³-hybridized carbons (Fsp3) is 0.500. The van der Waals surface area contributed by atoms with Crippen LogP contribution in [-0.4, -0.2) is 25.6 Å². The topological polar surface area (TPSA) is 70.2 Å². The van der Waals surface area contributed by atoms with Crippen LogP contribution in [0.25, 0.3) is 0 Å². The van der Waals surface area contributed by atoms with E-state index >= 15 is 0 Å². The van der Waals surface area contributed by atoms with Crippen LogP contribution in [0.4, 0.5) is 0 Å². The average Bonchev–Trinajstić information content (AvgIpc) is 2.87. The second kappa shape index (κ2) is 3.49. The minimum atomic E-state index is 0.529. The van der Waals surface area contributed by atoms with E-state index in [1.807, 2.05) is 6.20 Å². The molecule has 0 aliphatic heterocycles. The van der Waals surface area contributed by atoms with E-state index in [9.17, 15) is 0 Å². The Hall–Kier alpha value is -1.65. The highest BCUT2D eigenvalue weighted by molar-refractivity contribution is 5.27. The first-order valence-corrected chi connectivity index (χ1v) is 5.32. The second-order valence-electron chi connectivity index (χ2n) is 4.04. The SMILES string of the molecule is c1cc2c([nH]1)C(Cc1nn[nH]n1)CCC2. The molecule has 2 aromatic rings. The van der Waals surface area contributed by atoms with E-state index in [-0.39, 0.29) is 0 Å². The molecule has 1 aliphatic carbocycles. The number of nitrogens with one attached hydrogen (secondary N) is 2. The van der Waals surface area contributed by atoms with E-state index in [4.69, 9.17) is 0 Å². The van der Waals surface area contributed by atoms with Gasteiger partial charge >= 0.3 is 0 Å². The highest BCUT2D eigenvalue weighted by Gasteiger charge is 2.22. The zero-order valence-electron chi connectivity index (χ0n) is 8.40. The van der Waals surface area contributed by atoms with E-state index in [1.54, 1.807) is 0 Å². The van der Waals surface area contributed by atoms with Gasteiger partial charge in [0.2, 0.25) is 0 Å². The van der Waals surface area contributed by atoms with E-state index in [0.29, 0.717) is 5.92 Å². The fourth-order valence-corrected chi connectivity index (χ4v) is 2.39. The van der Waals surface area contributed by atoms with Gasteiger partial charge in [0.05, 0.1) is 0 Å². The molecule has 15 heavy (non-hydrogen) atoms. The van der Waals surface area contributed by atoms with Crippen LogP contribution in [0.3, 0.4) is 0 Å². The van der Waals surface area contributed by atoms with Crippen molar-refractivity contribution in [1.29, 1.82) is 0 Å². The Bertz CT molecular complexity index is 430. The average molecular weight is 203 g/mol. The fourth-order valence-electron chi connectivity index (χ4n) is 2.39. The summed E-state index contributed by atoms with van der Waals surface area (Å²) in [5.74, 6) is 1.34. The summed E-state index contributed by atoms with van der Waals surface area (Å²) in [7, 11) is 0. The number of hydrogen-bond acceptors (Lipinski definition) is 3. The zero-order valence-corrected chi connectivity index (χ0v) is 8.40. The Morgan fingerprint density at radius 2 is 2.47 bits per heavy atom. The van der Waals surface area contributed by atoms with E-state index in [0.717, 1.165) is 12.2 Å². The van der Waals surface area contributed by atoms with Crippen LogP contribution in [0.2, 0.25) is 0 Å². The van der Waals surface area contributed by atoms with Gasteiger partial charge in [0, 0.05) is 24.2 Å². The highest BCUT2D eigenvalue weighted by atomic mass is 15.5. The number of tetrazole rings is 1. The number of aromatic amines is 2. The first-order valence-electron chi connectivity index (χ1n) is 5.32. The van der Waals surface area contributed by atoms with Crippen molar-refractivity contribution in [3.8, 4) is 0 Å². The molecule has 0 radical (unpaired) electrons. The van der Waals surface area contributed by atoms with Gasteiger partial charge in [-0.05, 0) is 30.9 Å². The van der Waals surface area contributed by atoms with Gasteiger partial charge in [0.15, 0.2) is 5.82 Å². The lowest BCUT2D eigenvalue weighted by molar-refractivity contribution is 0.530. The van der Waals surface area contributed by atoms with Crippen molar-refractivity contribution < 1.29 is 0 Å². The lowest BCUT2D eigenvalue weighted by atomic mass is 9.86. The van der Waals surface area contributed by atoms with Crippen LogP contribution in [0.1, 0.15) is 35.8 Å². The van der Waals surface area contributed by atoms with Crippen molar-refractivity contribution >= 4 is 0 Å². The van der Waals surface area contributed by atoms with Gasteiger partial charge in [0.1, 0.15) is 0 Å². The van der Waals surface area contributed by atoms with Gasteiger partial charge in [-0.2, -0.15) is 5.21 Å². The van der Waals surface area contributed by atoms with E-state index in [2.05, 4.69) is 31.7 Å². The highest BCUT2D eigenvalue weighted by Crippen LogP contribution is 2.32. The number of rotatable bonds is 2. The smallest absolute Gasteiger partial charge is 0.175 e. The molecule has 1 aliphatic rings. The lowest BCUT2D eigenvalue weighted by Gasteiger charge is -2.20. The third-order valence-electron chi connectivity index (χ3n) is 3.09. The van der Waals surface area contributed by atoms with E-state index < -0.39 is 0 Å². The van der Waals surface area contributed by atoms with Crippen LogP contribution in [-0.2, 0) is 12.8 Å². The van der Waals surface area contributed by atoms with Crippen LogP contribution < -0.4 is 0 Å². The maximum Gasteiger partial charge on any atom is 0.175 e. The number of aromatic nitrogens is 5. The number of nitrogens with zero attached hydrogens (tertiary/aromatic N) is 3. The van der Waals surface area contributed by atoms with Gasteiger partial charge < -0.3 is 4.98 Å². The molecular formula is C10H13N5. The summed E-state index contributed by atoms with van der Waals surface area (Å²) >= 11 is 0. The predicted octanol–water partition coefficient (Wildman–Crippen LogP) is 1.19. The Kier molecular flexibility index (Phi) is 2.01. The van der Waals surface area contributed by atoms with Crippen LogP contribution in [0, 0.1) is 0 Å². The van der Waals surface area contributed by atoms with Crippen LogP contribution in [0.15, 0.2) is 12.3 Å². The summed E-state index contributed by atoms with van der Waals surface area (Å²) in [6.07, 6.45) is 6.57. The quantitative estimate of drug-likeness (QED) is 0.770. The van der Waals surface area contributed by atoms with Crippen molar-refractivity contribution in [1.82, 2.24) is 25.6 Å². The third-order valence-corrected chi connectivity index (χ3v) is 3.09. The van der Waals surface area contributed by atoms with Gasteiger partial charge in [0.25, 0.3) is 0 Å². The van der Waals surface area contributed by atoms with Crippen molar-refractivity contribution in [3.05, 3.63) is 29.3 Å². The molecule has 1 unspecified atom stereocenters. The van der Waals surface area contributed by atoms with E-state index in [1.165, 1.54) is 30.5 Å². The molecular weight excluding hydrogens is 190 g/mol. The third kappa shape index (κ3) is 1.54. The van der Waals surface area contributed by atoms with Crippen molar-refractivity contribution in [2.45, 2.75) is 31.6 Å². The molecule has 78 valence electrons. The zero-order chi connectivity index (χ0) is 10.1.